The summed E-state index contributed by atoms with van der Waals surface area (Å²) in [6, 6.07) is 14.6. The lowest BCUT2D eigenvalue weighted by molar-refractivity contribution is 0.102. The first kappa shape index (κ1) is 20.6. The van der Waals surface area contributed by atoms with Gasteiger partial charge in [0.25, 0.3) is 5.91 Å². The van der Waals surface area contributed by atoms with Crippen LogP contribution < -0.4 is 10.1 Å². The van der Waals surface area contributed by atoms with Gasteiger partial charge >= 0.3 is 0 Å². The molecule has 0 bridgehead atoms. The highest BCUT2D eigenvalue weighted by Crippen LogP contribution is 2.26. The molecular weight excluding hydrogens is 414 g/mol. The summed E-state index contributed by atoms with van der Waals surface area (Å²) in [5, 5.41) is 22.2. The van der Waals surface area contributed by atoms with Gasteiger partial charge in [0.2, 0.25) is 11.0 Å². The van der Waals surface area contributed by atoms with E-state index in [1.54, 1.807) is 25.4 Å². The number of anilines is 1. The number of pyridine rings is 2. The van der Waals surface area contributed by atoms with Crippen LogP contribution in [0.15, 0.2) is 67.1 Å². The summed E-state index contributed by atoms with van der Waals surface area (Å²) in [6.45, 7) is 1.85. The van der Waals surface area contributed by atoms with Crippen molar-refractivity contribution in [3.05, 3.63) is 83.8 Å². The first-order valence-electron chi connectivity index (χ1n) is 9.48. The van der Waals surface area contributed by atoms with Crippen molar-refractivity contribution >= 4 is 22.4 Å². The second-order valence-electron chi connectivity index (χ2n) is 6.69. The van der Waals surface area contributed by atoms with Crippen LogP contribution in [0.1, 0.15) is 27.6 Å². The van der Waals surface area contributed by atoms with Gasteiger partial charge in [0, 0.05) is 29.7 Å². The number of rotatable bonds is 7. The van der Waals surface area contributed by atoms with Gasteiger partial charge in [-0.3, -0.25) is 15.1 Å². The van der Waals surface area contributed by atoms with Crippen molar-refractivity contribution in [2.75, 3.05) is 11.9 Å². The molecule has 1 atom stereocenters. The molecule has 0 saturated heterocycles. The molecule has 3 aromatic heterocycles. The zero-order chi connectivity index (χ0) is 21.6. The van der Waals surface area contributed by atoms with Crippen LogP contribution in [0, 0.1) is 6.92 Å². The molecule has 156 valence electrons. The zero-order valence-corrected chi connectivity index (χ0v) is 17.4. The molecule has 1 aromatic carbocycles. The van der Waals surface area contributed by atoms with Gasteiger partial charge in [0.05, 0.1) is 5.56 Å². The molecule has 0 aliphatic rings. The van der Waals surface area contributed by atoms with E-state index in [0.29, 0.717) is 27.1 Å². The molecule has 3 heterocycles. The van der Waals surface area contributed by atoms with E-state index in [-0.39, 0.29) is 12.5 Å². The van der Waals surface area contributed by atoms with E-state index in [1.807, 2.05) is 42.5 Å². The Bertz CT molecular complexity index is 1170. The fourth-order valence-corrected chi connectivity index (χ4v) is 3.57. The lowest BCUT2D eigenvalue weighted by Gasteiger charge is -2.13. The number of ether oxygens (including phenoxy) is 1. The zero-order valence-electron chi connectivity index (χ0n) is 16.6. The molecule has 0 spiro atoms. The van der Waals surface area contributed by atoms with Crippen LogP contribution in [0.2, 0.25) is 0 Å². The van der Waals surface area contributed by atoms with Crippen molar-refractivity contribution < 1.29 is 14.6 Å². The minimum absolute atomic E-state index is 0.0615. The van der Waals surface area contributed by atoms with Gasteiger partial charge in [-0.2, -0.15) is 0 Å². The number of amides is 1. The number of carbonyl (C=O) groups excluding carboxylic acids is 1. The number of hydrogen-bond donors (Lipinski definition) is 2. The van der Waals surface area contributed by atoms with Gasteiger partial charge in [-0.05, 0) is 30.7 Å². The third-order valence-corrected chi connectivity index (χ3v) is 5.32. The summed E-state index contributed by atoms with van der Waals surface area (Å²) < 4.78 is 5.64. The molecule has 9 heteroatoms. The minimum Gasteiger partial charge on any atom is -0.474 e. The van der Waals surface area contributed by atoms with Crippen molar-refractivity contribution in [2.45, 2.75) is 13.0 Å². The third-order valence-electron chi connectivity index (χ3n) is 4.43. The number of nitrogens with zero attached hydrogens (tertiary/aromatic N) is 4. The van der Waals surface area contributed by atoms with E-state index >= 15 is 0 Å². The molecule has 0 unspecified atom stereocenters. The Hall–Kier alpha value is -3.69. The molecule has 0 saturated carbocycles. The highest BCUT2D eigenvalue weighted by molar-refractivity contribution is 7.18. The number of carbonyl (C=O) groups is 1. The third kappa shape index (κ3) is 5.08. The van der Waals surface area contributed by atoms with Crippen LogP contribution in [0.4, 0.5) is 5.13 Å². The lowest BCUT2D eigenvalue weighted by Crippen LogP contribution is -2.14. The number of aromatic nitrogens is 4. The summed E-state index contributed by atoms with van der Waals surface area (Å²) in [5.74, 6) is 0.0197. The van der Waals surface area contributed by atoms with E-state index in [1.165, 1.54) is 17.5 Å². The molecule has 0 aliphatic carbocycles. The molecule has 0 aliphatic heterocycles. The average Bonchev–Trinajstić information content (AvgIpc) is 3.27. The molecular formula is C22H19N5O3S. The Labute approximate surface area is 182 Å². The predicted octanol–water partition coefficient (Wildman–Crippen LogP) is 3.67. The number of nitrogens with one attached hydrogen (secondary N) is 1. The number of aryl methyl sites for hydroxylation is 1. The molecule has 8 nitrogen and oxygen atoms in total. The quantitative estimate of drug-likeness (QED) is 0.457. The average molecular weight is 433 g/mol. The van der Waals surface area contributed by atoms with Crippen molar-refractivity contribution in [1.29, 1.82) is 0 Å². The van der Waals surface area contributed by atoms with Gasteiger partial charge in [-0.15, -0.1) is 10.2 Å². The van der Waals surface area contributed by atoms with Crippen LogP contribution in [-0.4, -0.2) is 37.8 Å². The Morgan fingerprint density at radius 3 is 2.68 bits per heavy atom. The van der Waals surface area contributed by atoms with Crippen LogP contribution in [0.3, 0.4) is 0 Å². The number of benzene rings is 1. The predicted molar refractivity (Wildman–Crippen MR) is 117 cm³/mol. The Balaban J connectivity index is 1.38. The summed E-state index contributed by atoms with van der Waals surface area (Å²) in [5.41, 5.74) is 2.70. The van der Waals surface area contributed by atoms with Crippen molar-refractivity contribution in [2.24, 2.45) is 0 Å². The van der Waals surface area contributed by atoms with Crippen molar-refractivity contribution in [3.63, 3.8) is 0 Å². The fourth-order valence-electron chi connectivity index (χ4n) is 2.82. The Kier molecular flexibility index (Phi) is 6.25. The number of hydrogen-bond acceptors (Lipinski definition) is 8. The minimum atomic E-state index is -0.766. The molecule has 0 radical (unpaired) electrons. The van der Waals surface area contributed by atoms with Crippen LogP contribution in [0.5, 0.6) is 5.88 Å². The summed E-state index contributed by atoms with van der Waals surface area (Å²) in [4.78, 5) is 20.8. The van der Waals surface area contributed by atoms with Crippen molar-refractivity contribution in [3.8, 4) is 16.5 Å². The lowest BCUT2D eigenvalue weighted by atomic mass is 10.1. The van der Waals surface area contributed by atoms with Gasteiger partial charge in [-0.25, -0.2) is 4.98 Å². The molecule has 1 amide bonds. The summed E-state index contributed by atoms with van der Waals surface area (Å²) >= 11 is 1.27. The number of aliphatic hydroxyl groups excluding tert-OH is 1. The largest absolute Gasteiger partial charge is 0.474 e. The monoisotopic (exact) mass is 433 g/mol. The van der Waals surface area contributed by atoms with E-state index in [0.717, 1.165) is 11.1 Å². The second-order valence-corrected chi connectivity index (χ2v) is 7.66. The standard InChI is InChI=1S/C22H19N5O3S/c1-14-11-17(12-24-20(14)30-13-18(28)15-5-3-2-4-6-15)19(29)25-22-27-26-21(31-22)16-7-9-23-10-8-16/h2-12,18,28H,13H2,1H3,(H,25,27,29)/t18-/m0/s1. The maximum Gasteiger partial charge on any atom is 0.259 e. The van der Waals surface area contributed by atoms with Gasteiger partial charge < -0.3 is 9.84 Å². The van der Waals surface area contributed by atoms with Crippen molar-refractivity contribution in [1.82, 2.24) is 20.2 Å². The van der Waals surface area contributed by atoms with Gasteiger partial charge in [-0.1, -0.05) is 41.7 Å². The number of aliphatic hydroxyl groups is 1. The maximum atomic E-state index is 12.6. The highest BCUT2D eigenvalue weighted by Gasteiger charge is 2.15. The second kappa shape index (κ2) is 9.41. The molecule has 2 N–H and O–H groups in total. The summed E-state index contributed by atoms with van der Waals surface area (Å²) in [6.07, 6.45) is 4.01. The topological polar surface area (TPSA) is 110 Å². The SMILES string of the molecule is Cc1cc(C(=O)Nc2nnc(-c3ccncc3)s2)cnc1OC[C@H](O)c1ccccc1. The fraction of sp³-hybridized carbons (Fsp3) is 0.136. The molecule has 4 aromatic rings. The highest BCUT2D eigenvalue weighted by atomic mass is 32.1. The molecule has 0 fully saturated rings. The Morgan fingerprint density at radius 2 is 1.94 bits per heavy atom. The van der Waals surface area contributed by atoms with E-state index in [4.69, 9.17) is 4.74 Å². The van der Waals surface area contributed by atoms with E-state index in [9.17, 15) is 9.90 Å². The first-order chi connectivity index (χ1) is 15.1. The van der Waals surface area contributed by atoms with E-state index < -0.39 is 6.10 Å². The van der Waals surface area contributed by atoms with Crippen LogP contribution in [0.25, 0.3) is 10.6 Å². The normalized spacial score (nSPS) is 11.7. The van der Waals surface area contributed by atoms with Crippen LogP contribution in [-0.2, 0) is 0 Å². The van der Waals surface area contributed by atoms with E-state index in [2.05, 4.69) is 25.5 Å². The maximum absolute atomic E-state index is 12.6. The smallest absolute Gasteiger partial charge is 0.259 e. The molecule has 31 heavy (non-hydrogen) atoms. The Morgan fingerprint density at radius 1 is 1.16 bits per heavy atom. The van der Waals surface area contributed by atoms with Crippen LogP contribution >= 0.6 is 11.3 Å². The summed E-state index contributed by atoms with van der Waals surface area (Å²) in [7, 11) is 0. The first-order valence-corrected chi connectivity index (χ1v) is 10.3. The van der Waals surface area contributed by atoms with Gasteiger partial charge in [0.1, 0.15) is 17.7 Å². The van der Waals surface area contributed by atoms with Gasteiger partial charge in [0.15, 0.2) is 0 Å². The molecule has 4 rings (SSSR count).